The lowest BCUT2D eigenvalue weighted by Crippen LogP contribution is -2.29. The van der Waals surface area contributed by atoms with E-state index in [2.05, 4.69) is 20.8 Å². The molecule has 1 aliphatic carbocycles. The van der Waals surface area contributed by atoms with Gasteiger partial charge in [0, 0.05) is 12.3 Å². The number of hydrogen-bond acceptors (Lipinski definition) is 2. The number of rotatable bonds is 4. The van der Waals surface area contributed by atoms with Gasteiger partial charge in [0.05, 0.1) is 11.7 Å². The molecule has 0 aromatic rings. The Balaban J connectivity index is 1.85. The van der Waals surface area contributed by atoms with Crippen LogP contribution in [0.15, 0.2) is 0 Å². The maximum Gasteiger partial charge on any atom is 0.136 e. The van der Waals surface area contributed by atoms with Crippen LogP contribution in [0.2, 0.25) is 0 Å². The van der Waals surface area contributed by atoms with Crippen molar-refractivity contribution in [3.8, 4) is 0 Å². The summed E-state index contributed by atoms with van der Waals surface area (Å²) in [6.07, 6.45) is 9.17. The number of Topliss-reactive ketones (excluding diaryl/α,β-unsaturated/α-hetero) is 1. The summed E-state index contributed by atoms with van der Waals surface area (Å²) in [6.45, 7) is 6.57. The maximum atomic E-state index is 12.0. The van der Waals surface area contributed by atoms with Crippen LogP contribution in [-0.4, -0.2) is 17.5 Å². The zero-order valence-corrected chi connectivity index (χ0v) is 12.2. The molecule has 2 fully saturated rings. The summed E-state index contributed by atoms with van der Waals surface area (Å²) in [5.74, 6) is 1.57. The van der Waals surface area contributed by atoms with Crippen LogP contribution >= 0.6 is 0 Å². The molecule has 1 heterocycles. The molecule has 0 aromatic carbocycles. The molecular formula is C16H28O2. The monoisotopic (exact) mass is 252 g/mol. The van der Waals surface area contributed by atoms with Crippen LogP contribution in [0.5, 0.6) is 0 Å². The summed E-state index contributed by atoms with van der Waals surface area (Å²) >= 11 is 0. The van der Waals surface area contributed by atoms with Crippen LogP contribution in [-0.2, 0) is 9.53 Å². The van der Waals surface area contributed by atoms with Crippen molar-refractivity contribution < 1.29 is 9.53 Å². The second-order valence-corrected chi connectivity index (χ2v) is 6.87. The van der Waals surface area contributed by atoms with Crippen molar-refractivity contribution in [1.82, 2.24) is 0 Å². The van der Waals surface area contributed by atoms with Crippen LogP contribution in [0.1, 0.15) is 72.1 Å². The lowest BCUT2D eigenvalue weighted by molar-refractivity contribution is -0.127. The molecule has 18 heavy (non-hydrogen) atoms. The number of hydrogen-bond donors (Lipinski definition) is 0. The molecule has 3 unspecified atom stereocenters. The molecule has 3 atom stereocenters. The zero-order valence-electron chi connectivity index (χ0n) is 12.2. The Morgan fingerprint density at radius 1 is 1.33 bits per heavy atom. The van der Waals surface area contributed by atoms with E-state index in [1.165, 1.54) is 12.8 Å². The Morgan fingerprint density at radius 3 is 2.72 bits per heavy atom. The average Bonchev–Trinajstić information content (AvgIpc) is 2.63. The van der Waals surface area contributed by atoms with E-state index in [-0.39, 0.29) is 11.5 Å². The Kier molecular flexibility index (Phi) is 4.47. The van der Waals surface area contributed by atoms with Gasteiger partial charge in [-0.05, 0) is 51.9 Å². The fourth-order valence-corrected chi connectivity index (χ4v) is 3.66. The molecule has 0 amide bonds. The fraction of sp³-hybridized carbons (Fsp3) is 0.938. The molecule has 0 radical (unpaired) electrons. The number of carbonyl (C=O) groups is 1. The minimum Gasteiger partial charge on any atom is -0.372 e. The van der Waals surface area contributed by atoms with Gasteiger partial charge < -0.3 is 4.74 Å². The fourth-order valence-electron chi connectivity index (χ4n) is 3.66. The van der Waals surface area contributed by atoms with Crippen molar-refractivity contribution in [3.63, 3.8) is 0 Å². The van der Waals surface area contributed by atoms with Gasteiger partial charge in [0.1, 0.15) is 5.78 Å². The molecular weight excluding hydrogens is 224 g/mol. The first-order chi connectivity index (χ1) is 8.50. The van der Waals surface area contributed by atoms with Gasteiger partial charge >= 0.3 is 0 Å². The molecule has 0 aromatic heterocycles. The predicted octanol–water partition coefficient (Wildman–Crippen LogP) is 4.12. The van der Waals surface area contributed by atoms with E-state index < -0.39 is 0 Å². The van der Waals surface area contributed by atoms with Crippen molar-refractivity contribution >= 4 is 5.78 Å². The summed E-state index contributed by atoms with van der Waals surface area (Å²) in [7, 11) is 0. The molecule has 0 N–H and O–H groups in total. The van der Waals surface area contributed by atoms with Gasteiger partial charge in [0.25, 0.3) is 0 Å². The first kappa shape index (κ1) is 14.0. The van der Waals surface area contributed by atoms with Gasteiger partial charge in [-0.1, -0.05) is 19.8 Å². The lowest BCUT2D eigenvalue weighted by atomic mass is 9.76. The minimum atomic E-state index is 0.0329. The largest absolute Gasteiger partial charge is 0.372 e. The lowest BCUT2D eigenvalue weighted by Gasteiger charge is -2.30. The molecule has 2 rings (SSSR count). The summed E-state index contributed by atoms with van der Waals surface area (Å²) in [5, 5.41) is 0. The Hall–Kier alpha value is -0.370. The van der Waals surface area contributed by atoms with Crippen LogP contribution in [0.3, 0.4) is 0 Å². The highest BCUT2D eigenvalue weighted by atomic mass is 16.5. The summed E-state index contributed by atoms with van der Waals surface area (Å²) in [6, 6.07) is 0. The van der Waals surface area contributed by atoms with E-state index in [0.29, 0.717) is 11.9 Å². The van der Waals surface area contributed by atoms with Gasteiger partial charge in [-0.25, -0.2) is 0 Å². The van der Waals surface area contributed by atoms with E-state index in [1.54, 1.807) is 0 Å². The molecule has 1 aliphatic heterocycles. The number of ether oxygens (including phenoxy) is 1. The standard InChI is InChI=1S/C16H28O2/c1-4-5-12-6-7-15(17)13(10-12)11-14-8-9-16(2,3)18-14/h12-14H,4-11H2,1-3H3. The summed E-state index contributed by atoms with van der Waals surface area (Å²) in [4.78, 5) is 12.0. The highest BCUT2D eigenvalue weighted by molar-refractivity contribution is 5.81. The van der Waals surface area contributed by atoms with Crippen LogP contribution in [0.25, 0.3) is 0 Å². The first-order valence-corrected chi connectivity index (χ1v) is 7.70. The number of carbonyl (C=O) groups excluding carboxylic acids is 1. The van der Waals surface area contributed by atoms with E-state index in [4.69, 9.17) is 4.74 Å². The molecule has 0 spiro atoms. The van der Waals surface area contributed by atoms with Gasteiger partial charge in [0.2, 0.25) is 0 Å². The van der Waals surface area contributed by atoms with E-state index >= 15 is 0 Å². The van der Waals surface area contributed by atoms with Gasteiger partial charge in [-0.15, -0.1) is 0 Å². The molecule has 2 heteroatoms. The van der Waals surface area contributed by atoms with Crippen molar-refractivity contribution in [2.75, 3.05) is 0 Å². The van der Waals surface area contributed by atoms with Crippen LogP contribution in [0.4, 0.5) is 0 Å². The molecule has 2 nitrogen and oxygen atoms in total. The van der Waals surface area contributed by atoms with Gasteiger partial charge in [0.15, 0.2) is 0 Å². The zero-order chi connectivity index (χ0) is 13.2. The molecule has 0 bridgehead atoms. The van der Waals surface area contributed by atoms with E-state index in [0.717, 1.165) is 44.4 Å². The number of ketones is 1. The van der Waals surface area contributed by atoms with Crippen molar-refractivity contribution in [3.05, 3.63) is 0 Å². The second-order valence-electron chi connectivity index (χ2n) is 6.87. The smallest absolute Gasteiger partial charge is 0.136 e. The third-order valence-electron chi connectivity index (χ3n) is 4.67. The SMILES string of the molecule is CCCC1CCC(=O)C(CC2CCC(C)(C)O2)C1. The minimum absolute atomic E-state index is 0.0329. The van der Waals surface area contributed by atoms with Crippen LogP contribution in [0, 0.1) is 11.8 Å². The Morgan fingerprint density at radius 2 is 2.11 bits per heavy atom. The van der Waals surface area contributed by atoms with E-state index in [1.807, 2.05) is 0 Å². The Bertz CT molecular complexity index is 295. The molecule has 2 aliphatic rings. The van der Waals surface area contributed by atoms with Gasteiger partial charge in [-0.2, -0.15) is 0 Å². The highest BCUT2D eigenvalue weighted by Gasteiger charge is 2.36. The van der Waals surface area contributed by atoms with E-state index in [9.17, 15) is 4.79 Å². The van der Waals surface area contributed by atoms with Crippen molar-refractivity contribution in [2.45, 2.75) is 83.8 Å². The molecule has 104 valence electrons. The summed E-state index contributed by atoms with van der Waals surface area (Å²) in [5.41, 5.74) is 0.0329. The van der Waals surface area contributed by atoms with Crippen molar-refractivity contribution in [1.29, 1.82) is 0 Å². The first-order valence-electron chi connectivity index (χ1n) is 7.70. The maximum absolute atomic E-state index is 12.0. The van der Waals surface area contributed by atoms with Crippen molar-refractivity contribution in [2.24, 2.45) is 11.8 Å². The van der Waals surface area contributed by atoms with Gasteiger partial charge in [-0.3, -0.25) is 4.79 Å². The third-order valence-corrected chi connectivity index (χ3v) is 4.67. The molecule has 1 saturated heterocycles. The quantitative estimate of drug-likeness (QED) is 0.752. The Labute approximate surface area is 111 Å². The van der Waals surface area contributed by atoms with Crippen LogP contribution < -0.4 is 0 Å². The average molecular weight is 252 g/mol. The third kappa shape index (κ3) is 3.57. The normalized spacial score (nSPS) is 35.9. The topological polar surface area (TPSA) is 26.3 Å². The predicted molar refractivity (Wildman–Crippen MR) is 73.5 cm³/mol. The summed E-state index contributed by atoms with van der Waals surface area (Å²) < 4.78 is 6.04. The second kappa shape index (κ2) is 5.73. The highest BCUT2D eigenvalue weighted by Crippen LogP contribution is 2.37. The molecule has 1 saturated carbocycles.